The maximum Gasteiger partial charge on any atom is 0.415 e. The third kappa shape index (κ3) is 8.65. The Kier molecular flexibility index (Phi) is 10.9. The lowest BCUT2D eigenvalue weighted by molar-refractivity contribution is -0.0878. The fraction of sp³-hybridized carbons (Fsp3) is 0.385. The normalized spacial score (nSPS) is 12.8. The van der Waals surface area contributed by atoms with Gasteiger partial charge >= 0.3 is 6.18 Å². The van der Waals surface area contributed by atoms with E-state index in [1.807, 2.05) is 49.1 Å². The average Bonchev–Trinajstić information content (AvgIpc) is 2.71. The highest BCUT2D eigenvalue weighted by atomic mass is 32.2. The molecule has 0 saturated carbocycles. The van der Waals surface area contributed by atoms with Crippen LogP contribution in [0.3, 0.4) is 0 Å². The Hall–Kier alpha value is -2.34. The van der Waals surface area contributed by atoms with E-state index in [2.05, 4.69) is 20.4 Å². The predicted octanol–water partition coefficient (Wildman–Crippen LogP) is 7.55. The van der Waals surface area contributed by atoms with Crippen LogP contribution in [0.4, 0.5) is 13.2 Å². The van der Waals surface area contributed by atoms with Crippen LogP contribution in [0.15, 0.2) is 71.7 Å². The Morgan fingerprint density at radius 3 is 2.12 bits per heavy atom. The van der Waals surface area contributed by atoms with Gasteiger partial charge in [0.2, 0.25) is 0 Å². The van der Waals surface area contributed by atoms with Crippen molar-refractivity contribution < 1.29 is 17.4 Å². The third-order valence-electron chi connectivity index (χ3n) is 4.41. The summed E-state index contributed by atoms with van der Waals surface area (Å²) in [7, 11) is 0.697. The Morgan fingerprint density at radius 1 is 1.09 bits per heavy atom. The number of alkyl halides is 3. The summed E-state index contributed by atoms with van der Waals surface area (Å²) in [6.45, 7) is 12.1. The predicted molar refractivity (Wildman–Crippen MR) is 131 cm³/mol. The van der Waals surface area contributed by atoms with Gasteiger partial charge in [-0.2, -0.15) is 13.2 Å². The van der Waals surface area contributed by atoms with Crippen molar-refractivity contribution in [3.63, 3.8) is 0 Å². The van der Waals surface area contributed by atoms with Crippen molar-refractivity contribution in [3.8, 4) is 11.1 Å². The van der Waals surface area contributed by atoms with E-state index in [0.717, 1.165) is 22.1 Å². The molecule has 0 heterocycles. The van der Waals surface area contributed by atoms with Crippen molar-refractivity contribution in [3.05, 3.63) is 72.3 Å². The first-order valence-corrected chi connectivity index (χ1v) is 12.2. The van der Waals surface area contributed by atoms with Crippen LogP contribution >= 0.6 is 0 Å². The molecule has 0 aliphatic carbocycles. The highest BCUT2D eigenvalue weighted by molar-refractivity contribution is 7.84. The third-order valence-corrected chi connectivity index (χ3v) is 5.32. The van der Waals surface area contributed by atoms with Crippen LogP contribution < -0.4 is 0 Å². The Balaban J connectivity index is 0.00000161. The molecule has 1 atom stereocenters. The molecule has 0 aliphatic rings. The van der Waals surface area contributed by atoms with Gasteiger partial charge in [0.05, 0.1) is 5.57 Å². The molecule has 0 N–H and O–H groups in total. The molecule has 176 valence electrons. The van der Waals surface area contributed by atoms with Gasteiger partial charge in [-0.25, -0.2) is 0 Å². The lowest BCUT2D eigenvalue weighted by atomic mass is 10.0. The average molecular weight is 466 g/mol. The lowest BCUT2D eigenvalue weighted by Gasteiger charge is -2.26. The van der Waals surface area contributed by atoms with Gasteiger partial charge in [0.25, 0.3) is 0 Å². The van der Waals surface area contributed by atoms with Gasteiger partial charge in [-0.1, -0.05) is 77.1 Å². The van der Waals surface area contributed by atoms with Crippen molar-refractivity contribution >= 4 is 16.5 Å². The zero-order valence-electron chi connectivity index (χ0n) is 19.8. The van der Waals surface area contributed by atoms with Crippen LogP contribution in [0.5, 0.6) is 0 Å². The van der Waals surface area contributed by atoms with E-state index in [4.69, 9.17) is 0 Å². The molecule has 2 nitrogen and oxygen atoms in total. The smallest absolute Gasteiger partial charge is 0.374 e. The minimum atomic E-state index is -4.47. The van der Waals surface area contributed by atoms with E-state index in [0.29, 0.717) is 23.7 Å². The molecule has 0 amide bonds. The first-order valence-electron chi connectivity index (χ1n) is 10.6. The van der Waals surface area contributed by atoms with E-state index in [1.54, 1.807) is 31.5 Å². The maximum atomic E-state index is 13.1. The summed E-state index contributed by atoms with van der Waals surface area (Å²) < 4.78 is 50.9. The van der Waals surface area contributed by atoms with Crippen molar-refractivity contribution in [2.24, 2.45) is 5.92 Å². The second kappa shape index (κ2) is 12.6. The van der Waals surface area contributed by atoms with Crippen LogP contribution in [0.2, 0.25) is 0 Å². The minimum Gasteiger partial charge on any atom is -0.374 e. The summed E-state index contributed by atoms with van der Waals surface area (Å²) in [5.74, 6) is 0.291. The second-order valence-electron chi connectivity index (χ2n) is 8.09. The van der Waals surface area contributed by atoms with Crippen molar-refractivity contribution in [2.75, 3.05) is 19.8 Å². The van der Waals surface area contributed by atoms with Gasteiger partial charge in [-0.05, 0) is 40.8 Å². The van der Waals surface area contributed by atoms with Crippen LogP contribution in [0.1, 0.15) is 39.7 Å². The highest BCUT2D eigenvalue weighted by Gasteiger charge is 2.31. The molecule has 0 radical (unpaired) electrons. The van der Waals surface area contributed by atoms with Crippen molar-refractivity contribution in [1.29, 1.82) is 0 Å². The molecule has 1 unspecified atom stereocenters. The highest BCUT2D eigenvalue weighted by Crippen LogP contribution is 2.31. The maximum absolute atomic E-state index is 13.1. The fourth-order valence-corrected chi connectivity index (χ4v) is 3.56. The molecule has 0 fully saturated rings. The molecule has 0 aromatic heterocycles. The van der Waals surface area contributed by atoms with Gasteiger partial charge in [-0.3, -0.25) is 4.21 Å². The van der Waals surface area contributed by atoms with Gasteiger partial charge in [0.15, 0.2) is 0 Å². The number of hydrogen-bond acceptors (Lipinski definition) is 2. The number of nitrogens with zero attached hydrogens (tertiary/aromatic N) is 1. The summed E-state index contributed by atoms with van der Waals surface area (Å²) in [6, 6.07) is 14.7. The fourth-order valence-electron chi connectivity index (χ4n) is 2.99. The number of halogens is 3. The van der Waals surface area contributed by atoms with Gasteiger partial charge < -0.3 is 4.90 Å². The molecule has 0 bridgehead atoms. The van der Waals surface area contributed by atoms with Crippen LogP contribution in [-0.2, 0) is 10.8 Å². The molecule has 2 aromatic rings. The number of hydrogen-bond donors (Lipinski definition) is 0. The zero-order chi connectivity index (χ0) is 24.5. The second-order valence-corrected chi connectivity index (χ2v) is 9.47. The molecule has 0 aliphatic heterocycles. The van der Waals surface area contributed by atoms with E-state index in [1.165, 1.54) is 6.42 Å². The quantitative estimate of drug-likeness (QED) is 0.393. The summed E-state index contributed by atoms with van der Waals surface area (Å²) >= 11 is 0. The molecule has 2 aromatic carbocycles. The molecule has 6 heteroatoms. The van der Waals surface area contributed by atoms with Crippen LogP contribution in [0.25, 0.3) is 16.8 Å². The van der Waals surface area contributed by atoms with Crippen molar-refractivity contribution in [2.45, 2.75) is 45.2 Å². The summed E-state index contributed by atoms with van der Waals surface area (Å²) in [5.41, 5.74) is 2.07. The largest absolute Gasteiger partial charge is 0.415 e. The monoisotopic (exact) mass is 465 g/mol. The number of benzene rings is 2. The van der Waals surface area contributed by atoms with Gasteiger partial charge in [0.1, 0.15) is 0 Å². The molecule has 0 spiro atoms. The molecule has 0 saturated heterocycles. The van der Waals surface area contributed by atoms with Crippen LogP contribution in [0, 0.1) is 5.92 Å². The Labute approximate surface area is 193 Å². The summed E-state index contributed by atoms with van der Waals surface area (Å²) in [6.07, 6.45) is -0.504. The topological polar surface area (TPSA) is 20.3 Å². The lowest BCUT2D eigenvalue weighted by Crippen LogP contribution is -2.23. The summed E-state index contributed by atoms with van der Waals surface area (Å²) in [4.78, 5) is 2.54. The zero-order valence-corrected chi connectivity index (χ0v) is 20.6. The van der Waals surface area contributed by atoms with Crippen LogP contribution in [-0.4, -0.2) is 35.1 Å². The van der Waals surface area contributed by atoms with Gasteiger partial charge in [-0.15, -0.1) is 0 Å². The molecule has 2 rings (SSSR count). The first kappa shape index (κ1) is 27.7. The molecule has 32 heavy (non-hydrogen) atoms. The number of rotatable bonds is 7. The molecular weight excluding hydrogens is 431 g/mol. The molecular formula is C26H34F3NOS. The first-order chi connectivity index (χ1) is 14.9. The van der Waals surface area contributed by atoms with E-state index in [-0.39, 0.29) is 0 Å². The summed E-state index contributed by atoms with van der Waals surface area (Å²) in [5, 5.41) is 0. The number of allylic oxidation sites excluding steroid dienone is 2. The SMILES string of the molecule is C=C(/C=C(/c1ccc(-c2cccc(S(C)=O)c2)cc1)N(C)CC(C)C)C(F)(F)F.CCC. The Bertz CT molecular complexity index is 931. The van der Waals surface area contributed by atoms with Crippen molar-refractivity contribution in [1.82, 2.24) is 4.90 Å². The standard InChI is InChI=1S/C23H26F3NOS.C3H8/c1-16(2)15-27(4)22(13-17(3)23(24,25)26)19-11-9-18(10-12-19)20-7-6-8-21(14-20)29(5)28;1-3-2/h6-14,16H,3,15H2,1-2,4-5H3;3H2,1-2H3/b22-13-;. The van der Waals surface area contributed by atoms with E-state index in [9.17, 15) is 17.4 Å². The minimum absolute atomic E-state index is 0.291. The van der Waals surface area contributed by atoms with E-state index >= 15 is 0 Å². The van der Waals surface area contributed by atoms with Gasteiger partial charge in [0, 0.05) is 41.2 Å². The van der Waals surface area contributed by atoms with E-state index < -0.39 is 22.5 Å². The Morgan fingerprint density at radius 2 is 1.66 bits per heavy atom.